The van der Waals surface area contributed by atoms with E-state index >= 15 is 0 Å². The Labute approximate surface area is 203 Å². The molecule has 6 nitrogen and oxygen atoms in total. The molecule has 0 bridgehead atoms. The van der Waals surface area contributed by atoms with Crippen LogP contribution in [0, 0.1) is 0 Å². The van der Waals surface area contributed by atoms with Gasteiger partial charge in [-0.05, 0) is 41.3 Å². The molecule has 1 saturated heterocycles. The zero-order chi connectivity index (χ0) is 23.7. The van der Waals surface area contributed by atoms with E-state index in [4.69, 9.17) is 11.6 Å². The Morgan fingerprint density at radius 1 is 0.824 bits per heavy atom. The van der Waals surface area contributed by atoms with Crippen LogP contribution in [0.4, 0.5) is 0 Å². The molecule has 0 spiro atoms. The third-order valence-corrected chi connectivity index (χ3v) is 6.72. The van der Waals surface area contributed by atoms with Crippen molar-refractivity contribution in [3.8, 4) is 0 Å². The fourth-order valence-corrected chi connectivity index (χ4v) is 4.69. The molecule has 0 aromatic heterocycles. The van der Waals surface area contributed by atoms with Crippen LogP contribution in [0.15, 0.2) is 66.7 Å². The molecule has 0 atom stereocenters. The number of rotatable bonds is 5. The second-order valence-electron chi connectivity index (χ2n) is 8.52. The highest BCUT2D eigenvalue weighted by Crippen LogP contribution is 2.29. The lowest BCUT2D eigenvalue weighted by atomic mass is 9.94. The van der Waals surface area contributed by atoms with Gasteiger partial charge in [0.1, 0.15) is 0 Å². The maximum atomic E-state index is 13.1. The number of hydrogen-bond acceptors (Lipinski definition) is 4. The normalized spacial score (nSPS) is 16.6. The maximum Gasteiger partial charge on any atom is 0.261 e. The minimum atomic E-state index is -0.240. The Morgan fingerprint density at radius 3 is 2.06 bits per heavy atom. The van der Waals surface area contributed by atoms with Gasteiger partial charge in [0, 0.05) is 66.9 Å². The summed E-state index contributed by atoms with van der Waals surface area (Å²) in [5, 5.41) is 2.31. The van der Waals surface area contributed by atoms with Crippen molar-refractivity contribution in [2.24, 2.45) is 0 Å². The van der Waals surface area contributed by atoms with Crippen LogP contribution >= 0.6 is 11.6 Å². The van der Waals surface area contributed by atoms with Crippen LogP contribution in [-0.2, 0) is 4.79 Å². The minimum absolute atomic E-state index is 0.0271. The summed E-state index contributed by atoms with van der Waals surface area (Å²) in [6.07, 6.45) is 3.37. The molecule has 34 heavy (non-hydrogen) atoms. The molecular formula is C27H24ClN3O3. The third-order valence-electron chi connectivity index (χ3n) is 6.47. The van der Waals surface area contributed by atoms with Crippen LogP contribution in [-0.4, -0.2) is 71.7 Å². The van der Waals surface area contributed by atoms with E-state index in [1.54, 1.807) is 36.4 Å². The SMILES string of the molecule is O=C(/C=C/c1ccc(Cl)cc1)N1CCN(CCN2C(=O)c3cccc4cccc(c34)C2=O)CC1. The van der Waals surface area contributed by atoms with E-state index in [1.165, 1.54) is 4.90 Å². The number of hydrogen-bond donors (Lipinski definition) is 0. The summed E-state index contributed by atoms with van der Waals surface area (Å²) in [6.45, 7) is 3.51. The van der Waals surface area contributed by atoms with Crippen molar-refractivity contribution < 1.29 is 14.4 Å². The molecule has 0 unspecified atom stereocenters. The Bertz CT molecular complexity index is 1240. The Morgan fingerprint density at radius 2 is 1.44 bits per heavy atom. The standard InChI is InChI=1S/C27H24ClN3O3/c28-21-10-7-19(8-11-21)9-12-24(32)30-16-13-29(14-17-30)15-18-31-26(33)22-5-1-3-20-4-2-6-23(25(20)22)27(31)34/h1-12H,13-18H2/b12-9+. The Hall–Kier alpha value is -3.48. The second kappa shape index (κ2) is 9.41. The average molecular weight is 474 g/mol. The lowest BCUT2D eigenvalue weighted by Gasteiger charge is -2.35. The number of carbonyl (C=O) groups excluding carboxylic acids is 3. The monoisotopic (exact) mass is 473 g/mol. The smallest absolute Gasteiger partial charge is 0.261 e. The van der Waals surface area contributed by atoms with Gasteiger partial charge in [-0.25, -0.2) is 0 Å². The van der Waals surface area contributed by atoms with Crippen LogP contribution in [0.2, 0.25) is 5.02 Å². The average Bonchev–Trinajstić information content (AvgIpc) is 2.87. The van der Waals surface area contributed by atoms with Gasteiger partial charge in [0.15, 0.2) is 0 Å². The van der Waals surface area contributed by atoms with Crippen molar-refractivity contribution >= 4 is 46.2 Å². The van der Waals surface area contributed by atoms with E-state index in [0.717, 1.165) is 16.3 Å². The summed E-state index contributed by atoms with van der Waals surface area (Å²) >= 11 is 5.90. The molecule has 0 saturated carbocycles. The zero-order valence-corrected chi connectivity index (χ0v) is 19.4. The summed E-state index contributed by atoms with van der Waals surface area (Å²) in [5.74, 6) is -0.508. The van der Waals surface area contributed by atoms with Gasteiger partial charge in [-0.1, -0.05) is 48.0 Å². The van der Waals surface area contributed by atoms with E-state index in [-0.39, 0.29) is 17.7 Å². The fourth-order valence-electron chi connectivity index (χ4n) is 4.56. The van der Waals surface area contributed by atoms with E-state index < -0.39 is 0 Å². The van der Waals surface area contributed by atoms with E-state index in [1.807, 2.05) is 41.3 Å². The van der Waals surface area contributed by atoms with E-state index in [9.17, 15) is 14.4 Å². The molecule has 5 rings (SSSR count). The summed E-state index contributed by atoms with van der Waals surface area (Å²) < 4.78 is 0. The number of halogens is 1. The van der Waals surface area contributed by atoms with Crippen molar-refractivity contribution in [3.05, 3.63) is 88.5 Å². The van der Waals surface area contributed by atoms with Gasteiger partial charge in [-0.2, -0.15) is 0 Å². The minimum Gasteiger partial charge on any atom is -0.337 e. The van der Waals surface area contributed by atoms with Crippen molar-refractivity contribution in [2.45, 2.75) is 0 Å². The highest BCUT2D eigenvalue weighted by molar-refractivity contribution is 6.30. The molecule has 2 heterocycles. The molecule has 3 amide bonds. The number of benzene rings is 3. The first-order chi connectivity index (χ1) is 16.5. The first kappa shape index (κ1) is 22.3. The van der Waals surface area contributed by atoms with Crippen molar-refractivity contribution in [2.75, 3.05) is 39.3 Å². The molecule has 0 N–H and O–H groups in total. The van der Waals surface area contributed by atoms with Gasteiger partial charge in [-0.3, -0.25) is 24.2 Å². The molecule has 2 aliphatic rings. The first-order valence-electron chi connectivity index (χ1n) is 11.3. The van der Waals surface area contributed by atoms with Gasteiger partial charge in [0.2, 0.25) is 5.91 Å². The van der Waals surface area contributed by atoms with Crippen LogP contribution < -0.4 is 0 Å². The molecule has 3 aromatic carbocycles. The molecule has 3 aromatic rings. The van der Waals surface area contributed by atoms with Crippen molar-refractivity contribution in [1.29, 1.82) is 0 Å². The lowest BCUT2D eigenvalue weighted by molar-refractivity contribution is -0.127. The first-order valence-corrected chi connectivity index (χ1v) is 11.7. The maximum absolute atomic E-state index is 13.1. The predicted molar refractivity (Wildman–Crippen MR) is 133 cm³/mol. The largest absolute Gasteiger partial charge is 0.337 e. The number of imide groups is 1. The van der Waals surface area contributed by atoms with Gasteiger partial charge >= 0.3 is 0 Å². The molecule has 0 aliphatic carbocycles. The lowest BCUT2D eigenvalue weighted by Crippen LogP contribution is -2.51. The molecule has 7 heteroatoms. The number of nitrogens with zero attached hydrogens (tertiary/aromatic N) is 3. The fraction of sp³-hybridized carbons (Fsp3) is 0.222. The quantitative estimate of drug-likeness (QED) is 0.416. The van der Waals surface area contributed by atoms with Crippen molar-refractivity contribution in [3.63, 3.8) is 0 Å². The summed E-state index contributed by atoms with van der Waals surface area (Å²) in [4.78, 5) is 44.0. The Kier molecular flexibility index (Phi) is 6.18. The summed E-state index contributed by atoms with van der Waals surface area (Å²) in [5.41, 5.74) is 2.08. The molecule has 172 valence electrons. The molecular weight excluding hydrogens is 450 g/mol. The highest BCUT2D eigenvalue weighted by Gasteiger charge is 2.33. The van der Waals surface area contributed by atoms with Crippen LogP contribution in [0.5, 0.6) is 0 Å². The van der Waals surface area contributed by atoms with Crippen LogP contribution in [0.3, 0.4) is 0 Å². The molecule has 2 aliphatic heterocycles. The number of piperazine rings is 1. The van der Waals surface area contributed by atoms with Gasteiger partial charge < -0.3 is 4.90 Å². The number of carbonyl (C=O) groups is 3. The zero-order valence-electron chi connectivity index (χ0n) is 18.6. The summed E-state index contributed by atoms with van der Waals surface area (Å²) in [6, 6.07) is 18.4. The van der Waals surface area contributed by atoms with Gasteiger partial charge in [0.25, 0.3) is 11.8 Å². The van der Waals surface area contributed by atoms with E-state index in [0.29, 0.717) is 55.4 Å². The van der Waals surface area contributed by atoms with Crippen molar-refractivity contribution in [1.82, 2.24) is 14.7 Å². The molecule has 1 fully saturated rings. The highest BCUT2D eigenvalue weighted by atomic mass is 35.5. The van der Waals surface area contributed by atoms with Gasteiger partial charge in [0.05, 0.1) is 0 Å². The second-order valence-corrected chi connectivity index (χ2v) is 8.96. The molecule has 0 radical (unpaired) electrons. The topological polar surface area (TPSA) is 60.9 Å². The van der Waals surface area contributed by atoms with Gasteiger partial charge in [-0.15, -0.1) is 0 Å². The van der Waals surface area contributed by atoms with Crippen LogP contribution in [0.25, 0.3) is 16.8 Å². The third kappa shape index (κ3) is 4.34. The number of amides is 3. The summed E-state index contributed by atoms with van der Waals surface area (Å²) in [7, 11) is 0. The van der Waals surface area contributed by atoms with Crippen LogP contribution in [0.1, 0.15) is 26.3 Å². The Balaban J connectivity index is 1.17. The van der Waals surface area contributed by atoms with E-state index in [2.05, 4.69) is 4.90 Å². The predicted octanol–water partition coefficient (Wildman–Crippen LogP) is 3.95.